The lowest BCUT2D eigenvalue weighted by atomic mass is 9.95. The molecule has 19 nitrogen and oxygen atoms in total. The van der Waals surface area contributed by atoms with Gasteiger partial charge in [-0.2, -0.15) is 0 Å². The summed E-state index contributed by atoms with van der Waals surface area (Å²) in [5, 5.41) is 26.8. The SMILES string of the molecule is COCCOCC(C)OCC(C)OCC(C)OCC(C)OCC(C)OCC(C)OCC(C)OCC(C)OCC(C)n1c(=O)c2c(Nc3ccc(C)cc3)c3c(=O)c4c(O)ccc(O)c4c(=O)c3c(Nc3ccc(C)cc3)c2c1=O. The van der Waals surface area contributed by atoms with Crippen LogP contribution in [0.2, 0.25) is 0 Å². The van der Waals surface area contributed by atoms with E-state index in [-0.39, 0.29) is 95.5 Å². The Labute approximate surface area is 461 Å². The van der Waals surface area contributed by atoms with E-state index in [9.17, 15) is 29.4 Å². The van der Waals surface area contributed by atoms with E-state index >= 15 is 0 Å². The van der Waals surface area contributed by atoms with Gasteiger partial charge in [0, 0.05) is 18.5 Å². The summed E-state index contributed by atoms with van der Waals surface area (Å²) < 4.78 is 59.5. The smallest absolute Gasteiger partial charge is 0.264 e. The van der Waals surface area contributed by atoms with Crippen molar-refractivity contribution in [3.05, 3.63) is 113 Å². The van der Waals surface area contributed by atoms with Crippen LogP contribution in [0.15, 0.2) is 79.8 Å². The molecule has 432 valence electrons. The average Bonchev–Trinajstić information content (AvgIpc) is 3.47. The topological polar surface area (TPSA) is 230 Å². The maximum absolute atomic E-state index is 14.9. The van der Waals surface area contributed by atoms with Crippen molar-refractivity contribution in [2.24, 2.45) is 0 Å². The van der Waals surface area contributed by atoms with Gasteiger partial charge >= 0.3 is 0 Å². The Bertz CT molecular complexity index is 2960. The first-order valence-corrected chi connectivity index (χ1v) is 27.1. The van der Waals surface area contributed by atoms with Crippen LogP contribution in [0.1, 0.15) is 79.5 Å². The molecule has 9 atom stereocenters. The number of nitrogens with zero attached hydrogens (tertiary/aromatic N) is 1. The van der Waals surface area contributed by atoms with Crippen molar-refractivity contribution in [3.8, 4) is 11.5 Å². The molecule has 0 spiro atoms. The Morgan fingerprint density at radius 1 is 0.405 bits per heavy atom. The number of benzene rings is 5. The van der Waals surface area contributed by atoms with Gasteiger partial charge in [-0.15, -0.1) is 0 Å². The number of anilines is 4. The van der Waals surface area contributed by atoms with Crippen molar-refractivity contribution < 1.29 is 57.6 Å². The van der Waals surface area contributed by atoms with Gasteiger partial charge in [-0.25, -0.2) is 0 Å². The van der Waals surface area contributed by atoms with Crippen molar-refractivity contribution in [1.29, 1.82) is 0 Å². The maximum Gasteiger partial charge on any atom is 0.264 e. The number of fused-ring (bicyclic) bond motifs is 3. The number of phenolic OH excluding ortho intramolecular Hbond substituents is 2. The first-order chi connectivity index (χ1) is 37.7. The summed E-state index contributed by atoms with van der Waals surface area (Å²) in [6, 6.07) is 15.7. The Balaban J connectivity index is 1.03. The third-order valence-corrected chi connectivity index (χ3v) is 13.2. The van der Waals surface area contributed by atoms with Gasteiger partial charge in [-0.1, -0.05) is 35.4 Å². The molecular formula is C60H81N3O16. The van der Waals surface area contributed by atoms with E-state index < -0.39 is 56.4 Å². The molecule has 0 amide bonds. The minimum absolute atomic E-state index is 0.0463. The molecule has 4 N–H and O–H groups in total. The zero-order chi connectivity index (χ0) is 57.5. The van der Waals surface area contributed by atoms with Crippen LogP contribution in [0.3, 0.4) is 0 Å². The minimum atomic E-state index is -0.837. The molecule has 0 aliphatic carbocycles. The molecule has 19 heteroatoms. The number of rotatable bonds is 34. The predicted octanol–water partition coefficient (Wildman–Crippen LogP) is 8.24. The Hall–Kier alpha value is -5.84. The summed E-state index contributed by atoms with van der Waals surface area (Å²) in [6.07, 6.45) is -1.61. The molecule has 5 aromatic carbocycles. The minimum Gasteiger partial charge on any atom is -0.507 e. The zero-order valence-electron chi connectivity index (χ0n) is 47.8. The third-order valence-electron chi connectivity index (χ3n) is 13.2. The van der Waals surface area contributed by atoms with Crippen LogP contribution in [0, 0.1) is 13.8 Å². The second kappa shape index (κ2) is 29.6. The van der Waals surface area contributed by atoms with E-state index in [1.807, 2.05) is 93.5 Å². The van der Waals surface area contributed by atoms with Crippen molar-refractivity contribution >= 4 is 55.1 Å². The Kier molecular flexibility index (Phi) is 23.3. The molecule has 0 saturated heterocycles. The van der Waals surface area contributed by atoms with E-state index in [0.29, 0.717) is 64.2 Å². The standard InChI is InChI=1S/C60H81N3O16/c1-34-13-17-45(18-14-34)61-55-51-52(58(67)50-48(65)22-21-47(64)49(50)57(51)66)56(62-46-19-15-35(2)16-20-46)54-53(55)59(68)63(60(54)69)36(3)25-72-38(5)27-74-40(7)29-76-42(9)31-78-44(11)33-79-43(10)32-77-41(8)30-75-39(6)28-73-37(4)26-71-24-23-70-12/h13-22,36-44,61-62,64-65H,23-33H2,1-12H3. The van der Waals surface area contributed by atoms with E-state index in [4.69, 9.17) is 47.4 Å². The summed E-state index contributed by atoms with van der Waals surface area (Å²) in [5.74, 6) is -1.06. The molecule has 6 aromatic rings. The number of ether oxygens (including phenoxy) is 10. The molecule has 0 saturated carbocycles. The van der Waals surface area contributed by atoms with E-state index in [2.05, 4.69) is 10.6 Å². The zero-order valence-corrected chi connectivity index (χ0v) is 47.8. The van der Waals surface area contributed by atoms with Crippen LogP contribution in [-0.4, -0.2) is 143 Å². The largest absolute Gasteiger partial charge is 0.507 e. The lowest BCUT2D eigenvalue weighted by molar-refractivity contribution is -0.110. The first kappa shape index (κ1) is 62.4. The molecule has 0 aliphatic heterocycles. The molecule has 0 bridgehead atoms. The number of aryl methyl sites for hydroxylation is 2. The molecule has 0 fully saturated rings. The van der Waals surface area contributed by atoms with Crippen molar-refractivity contribution in [2.45, 2.75) is 131 Å². The van der Waals surface area contributed by atoms with Crippen molar-refractivity contribution in [2.75, 3.05) is 90.4 Å². The van der Waals surface area contributed by atoms with Gasteiger partial charge in [-0.05, 0) is 113 Å². The van der Waals surface area contributed by atoms with Crippen molar-refractivity contribution in [1.82, 2.24) is 4.57 Å². The highest BCUT2D eigenvalue weighted by Crippen LogP contribution is 2.40. The van der Waals surface area contributed by atoms with Gasteiger partial charge < -0.3 is 68.2 Å². The highest BCUT2D eigenvalue weighted by atomic mass is 16.6. The molecule has 1 aromatic heterocycles. The van der Waals surface area contributed by atoms with Crippen LogP contribution in [0.5, 0.6) is 11.5 Å². The Morgan fingerprint density at radius 3 is 1.03 bits per heavy atom. The van der Waals surface area contributed by atoms with Gasteiger partial charge in [0.1, 0.15) is 11.5 Å². The van der Waals surface area contributed by atoms with Gasteiger partial charge in [-0.3, -0.25) is 23.7 Å². The van der Waals surface area contributed by atoms with Crippen LogP contribution in [0.4, 0.5) is 22.7 Å². The van der Waals surface area contributed by atoms with Gasteiger partial charge in [0.25, 0.3) is 11.1 Å². The summed E-state index contributed by atoms with van der Waals surface area (Å²) in [6.45, 7) is 24.8. The van der Waals surface area contributed by atoms with E-state index in [1.165, 1.54) is 0 Å². The number of phenols is 2. The van der Waals surface area contributed by atoms with E-state index in [0.717, 1.165) is 27.8 Å². The number of hydrogen-bond acceptors (Lipinski definition) is 18. The van der Waals surface area contributed by atoms with Crippen LogP contribution >= 0.6 is 0 Å². The van der Waals surface area contributed by atoms with Gasteiger partial charge in [0.2, 0.25) is 10.9 Å². The van der Waals surface area contributed by atoms with Crippen LogP contribution in [0.25, 0.3) is 32.3 Å². The quantitative estimate of drug-likeness (QED) is 0.0129. The number of methoxy groups -OCH3 is 1. The third kappa shape index (κ3) is 16.9. The predicted molar refractivity (Wildman–Crippen MR) is 307 cm³/mol. The summed E-state index contributed by atoms with van der Waals surface area (Å²) >= 11 is 0. The van der Waals surface area contributed by atoms with Gasteiger partial charge in [0.05, 0.1) is 171 Å². The fourth-order valence-corrected chi connectivity index (χ4v) is 8.72. The van der Waals surface area contributed by atoms with Gasteiger partial charge in [0.15, 0.2) is 0 Å². The highest BCUT2D eigenvalue weighted by molar-refractivity contribution is 6.23. The molecule has 9 unspecified atom stereocenters. The Morgan fingerprint density at radius 2 is 0.709 bits per heavy atom. The van der Waals surface area contributed by atoms with E-state index in [1.54, 1.807) is 38.3 Å². The monoisotopic (exact) mass is 1100 g/mol. The molecule has 0 radical (unpaired) electrons. The fourth-order valence-electron chi connectivity index (χ4n) is 8.72. The molecule has 79 heavy (non-hydrogen) atoms. The summed E-state index contributed by atoms with van der Waals surface area (Å²) in [4.78, 5) is 59.3. The number of aromatic hydroxyl groups is 2. The average molecular weight is 1100 g/mol. The number of aromatic nitrogens is 1. The second-order valence-corrected chi connectivity index (χ2v) is 20.8. The first-order valence-electron chi connectivity index (χ1n) is 27.1. The maximum atomic E-state index is 14.9. The summed E-state index contributed by atoms with van der Waals surface area (Å²) in [7, 11) is 1.64. The number of hydrogen-bond donors (Lipinski definition) is 4. The fraction of sp³-hybridized carbons (Fsp3) is 0.533. The second-order valence-electron chi connectivity index (χ2n) is 20.8. The molecule has 6 rings (SSSR count). The van der Waals surface area contributed by atoms with Crippen molar-refractivity contribution in [3.63, 3.8) is 0 Å². The van der Waals surface area contributed by atoms with Crippen LogP contribution in [-0.2, 0) is 47.4 Å². The molecule has 0 aliphatic rings. The molecule has 1 heterocycles. The highest BCUT2D eigenvalue weighted by Gasteiger charge is 2.31. The molecular weight excluding hydrogens is 1020 g/mol. The lowest BCUT2D eigenvalue weighted by Gasteiger charge is -2.23. The van der Waals surface area contributed by atoms with Crippen LogP contribution < -0.4 is 32.6 Å². The number of nitrogens with one attached hydrogen (secondary N) is 2. The lowest BCUT2D eigenvalue weighted by Crippen LogP contribution is -2.33. The normalized spacial score (nSPS) is 15.5. The summed E-state index contributed by atoms with van der Waals surface area (Å²) in [5.41, 5.74) is -0.493.